The van der Waals surface area contributed by atoms with Crippen LogP contribution in [0.3, 0.4) is 0 Å². The lowest BCUT2D eigenvalue weighted by Crippen LogP contribution is -2.24. The van der Waals surface area contributed by atoms with Gasteiger partial charge in [0, 0.05) is 23.9 Å². The summed E-state index contributed by atoms with van der Waals surface area (Å²) in [6, 6.07) is 5.91. The van der Waals surface area contributed by atoms with Crippen LogP contribution in [0.25, 0.3) is 10.9 Å². The summed E-state index contributed by atoms with van der Waals surface area (Å²) in [4.78, 5) is 25.6. The summed E-state index contributed by atoms with van der Waals surface area (Å²) < 4.78 is 0. The first-order valence-corrected chi connectivity index (χ1v) is 7.58. The standard InChI is InChI=1S/C17H22N2O3/c1-11-7-8-14-13(12(11)2)10-15(19-14)17(22)18-9-5-3-4-6-16(20)21/h7-8,10,19H,3-6,9H2,1-2H3,(H,18,22)(H,20,21). The van der Waals surface area contributed by atoms with Gasteiger partial charge in [0.25, 0.3) is 5.91 Å². The van der Waals surface area contributed by atoms with Gasteiger partial charge >= 0.3 is 5.97 Å². The summed E-state index contributed by atoms with van der Waals surface area (Å²) in [6.45, 7) is 4.67. The van der Waals surface area contributed by atoms with E-state index in [1.807, 2.05) is 18.2 Å². The average Bonchev–Trinajstić information content (AvgIpc) is 2.91. The third-order valence-corrected chi connectivity index (χ3v) is 3.94. The number of aryl methyl sites for hydroxylation is 2. The van der Waals surface area contributed by atoms with Gasteiger partial charge in [0.15, 0.2) is 0 Å². The highest BCUT2D eigenvalue weighted by Gasteiger charge is 2.10. The van der Waals surface area contributed by atoms with Crippen LogP contribution in [-0.4, -0.2) is 28.5 Å². The number of carbonyl (C=O) groups is 2. The quantitative estimate of drug-likeness (QED) is 0.687. The van der Waals surface area contributed by atoms with E-state index in [0.29, 0.717) is 18.7 Å². The molecule has 0 aliphatic heterocycles. The van der Waals surface area contributed by atoms with Gasteiger partial charge in [-0.25, -0.2) is 0 Å². The Labute approximate surface area is 129 Å². The van der Waals surface area contributed by atoms with E-state index in [-0.39, 0.29) is 12.3 Å². The number of carboxylic acid groups (broad SMARTS) is 1. The number of carbonyl (C=O) groups excluding carboxylic acids is 1. The lowest BCUT2D eigenvalue weighted by Gasteiger charge is -2.03. The highest BCUT2D eigenvalue weighted by Crippen LogP contribution is 2.22. The molecule has 5 heteroatoms. The van der Waals surface area contributed by atoms with E-state index in [1.54, 1.807) is 0 Å². The Morgan fingerprint density at radius 1 is 1.18 bits per heavy atom. The van der Waals surface area contributed by atoms with E-state index in [0.717, 1.165) is 23.7 Å². The van der Waals surface area contributed by atoms with Crippen LogP contribution < -0.4 is 5.32 Å². The van der Waals surface area contributed by atoms with Crippen LogP contribution in [0.4, 0.5) is 0 Å². The second kappa shape index (κ2) is 7.11. The normalized spacial score (nSPS) is 10.8. The molecule has 118 valence electrons. The molecule has 5 nitrogen and oxygen atoms in total. The third-order valence-electron chi connectivity index (χ3n) is 3.94. The molecule has 2 rings (SSSR count). The molecule has 0 unspecified atom stereocenters. The van der Waals surface area contributed by atoms with Crippen molar-refractivity contribution in [2.75, 3.05) is 6.54 Å². The molecule has 0 spiro atoms. The van der Waals surface area contributed by atoms with E-state index in [9.17, 15) is 9.59 Å². The molecule has 0 bridgehead atoms. The van der Waals surface area contributed by atoms with Crippen molar-refractivity contribution in [3.63, 3.8) is 0 Å². The number of amides is 1. The minimum atomic E-state index is -0.771. The number of aromatic nitrogens is 1. The second-order valence-corrected chi connectivity index (χ2v) is 5.61. The van der Waals surface area contributed by atoms with Crippen molar-refractivity contribution in [3.8, 4) is 0 Å². The molecule has 1 aromatic heterocycles. The molecule has 0 atom stereocenters. The summed E-state index contributed by atoms with van der Waals surface area (Å²) in [5, 5.41) is 12.5. The predicted molar refractivity (Wildman–Crippen MR) is 86.2 cm³/mol. The number of hydrogen-bond acceptors (Lipinski definition) is 2. The van der Waals surface area contributed by atoms with Gasteiger partial charge < -0.3 is 15.4 Å². The summed E-state index contributed by atoms with van der Waals surface area (Å²) in [7, 11) is 0. The number of hydrogen-bond donors (Lipinski definition) is 3. The van der Waals surface area contributed by atoms with Crippen molar-refractivity contribution in [2.45, 2.75) is 39.5 Å². The summed E-state index contributed by atoms with van der Waals surface area (Å²) in [5.74, 6) is -0.890. The fourth-order valence-electron chi connectivity index (χ4n) is 2.46. The second-order valence-electron chi connectivity index (χ2n) is 5.61. The van der Waals surface area contributed by atoms with Crippen LogP contribution in [0.5, 0.6) is 0 Å². The number of aliphatic carboxylic acids is 1. The van der Waals surface area contributed by atoms with Crippen LogP contribution in [0.15, 0.2) is 18.2 Å². The van der Waals surface area contributed by atoms with Gasteiger partial charge in [-0.1, -0.05) is 12.5 Å². The Kier molecular flexibility index (Phi) is 5.20. The minimum absolute atomic E-state index is 0.119. The minimum Gasteiger partial charge on any atom is -0.481 e. The summed E-state index contributed by atoms with van der Waals surface area (Å²) in [5.41, 5.74) is 3.92. The Hall–Kier alpha value is -2.30. The average molecular weight is 302 g/mol. The third kappa shape index (κ3) is 3.87. The van der Waals surface area contributed by atoms with Crippen molar-refractivity contribution in [3.05, 3.63) is 35.0 Å². The Bertz CT molecular complexity index is 689. The van der Waals surface area contributed by atoms with Crippen molar-refractivity contribution in [1.82, 2.24) is 10.3 Å². The zero-order chi connectivity index (χ0) is 16.1. The molecular weight excluding hydrogens is 280 g/mol. The molecule has 22 heavy (non-hydrogen) atoms. The number of rotatable bonds is 7. The number of unbranched alkanes of at least 4 members (excludes halogenated alkanes) is 2. The fourth-order valence-corrected chi connectivity index (χ4v) is 2.46. The first-order chi connectivity index (χ1) is 10.5. The zero-order valence-corrected chi connectivity index (χ0v) is 13.0. The van der Waals surface area contributed by atoms with Crippen LogP contribution in [-0.2, 0) is 4.79 Å². The first-order valence-electron chi connectivity index (χ1n) is 7.58. The van der Waals surface area contributed by atoms with Crippen molar-refractivity contribution in [1.29, 1.82) is 0 Å². The Morgan fingerprint density at radius 2 is 1.95 bits per heavy atom. The first kappa shape index (κ1) is 16.1. The lowest BCUT2D eigenvalue weighted by molar-refractivity contribution is -0.137. The van der Waals surface area contributed by atoms with Crippen LogP contribution >= 0.6 is 0 Å². The van der Waals surface area contributed by atoms with Crippen molar-refractivity contribution >= 4 is 22.8 Å². The summed E-state index contributed by atoms with van der Waals surface area (Å²) in [6.07, 6.45) is 2.43. The van der Waals surface area contributed by atoms with E-state index in [4.69, 9.17) is 5.11 Å². The molecule has 0 saturated heterocycles. The largest absolute Gasteiger partial charge is 0.481 e. The van der Waals surface area contributed by atoms with Gasteiger partial charge in [0.1, 0.15) is 5.69 Å². The topological polar surface area (TPSA) is 82.2 Å². The van der Waals surface area contributed by atoms with E-state index >= 15 is 0 Å². The maximum atomic E-state index is 12.1. The Balaban J connectivity index is 1.88. The lowest BCUT2D eigenvalue weighted by atomic mass is 10.1. The number of H-pyrrole nitrogens is 1. The van der Waals surface area contributed by atoms with Crippen LogP contribution in [0.1, 0.15) is 47.3 Å². The molecule has 0 aliphatic carbocycles. The Morgan fingerprint density at radius 3 is 2.68 bits per heavy atom. The SMILES string of the molecule is Cc1ccc2[nH]c(C(=O)NCCCCCC(=O)O)cc2c1C. The maximum Gasteiger partial charge on any atom is 0.303 e. The van der Waals surface area contributed by atoms with Gasteiger partial charge in [0.05, 0.1) is 0 Å². The number of aromatic amines is 1. The molecule has 1 amide bonds. The maximum absolute atomic E-state index is 12.1. The van der Waals surface area contributed by atoms with E-state index in [1.165, 1.54) is 11.1 Å². The van der Waals surface area contributed by atoms with Crippen LogP contribution in [0.2, 0.25) is 0 Å². The van der Waals surface area contributed by atoms with E-state index < -0.39 is 5.97 Å². The molecule has 1 heterocycles. The van der Waals surface area contributed by atoms with Gasteiger partial charge in [-0.05, 0) is 49.9 Å². The fraction of sp³-hybridized carbons (Fsp3) is 0.412. The van der Waals surface area contributed by atoms with Crippen molar-refractivity contribution in [2.24, 2.45) is 0 Å². The van der Waals surface area contributed by atoms with Gasteiger partial charge in [-0.3, -0.25) is 9.59 Å². The molecule has 0 radical (unpaired) electrons. The molecule has 0 saturated carbocycles. The molecule has 3 N–H and O–H groups in total. The van der Waals surface area contributed by atoms with Gasteiger partial charge in [-0.15, -0.1) is 0 Å². The molecule has 1 aromatic carbocycles. The van der Waals surface area contributed by atoms with E-state index in [2.05, 4.69) is 24.1 Å². The highest BCUT2D eigenvalue weighted by molar-refractivity contribution is 5.99. The van der Waals surface area contributed by atoms with Crippen molar-refractivity contribution < 1.29 is 14.7 Å². The van der Waals surface area contributed by atoms with Crippen LogP contribution in [0, 0.1) is 13.8 Å². The predicted octanol–water partition coefficient (Wildman–Crippen LogP) is 3.16. The number of benzene rings is 1. The molecule has 2 aromatic rings. The smallest absolute Gasteiger partial charge is 0.303 e. The number of carboxylic acids is 1. The molecule has 0 aliphatic rings. The van der Waals surface area contributed by atoms with Gasteiger partial charge in [-0.2, -0.15) is 0 Å². The zero-order valence-electron chi connectivity index (χ0n) is 13.0. The van der Waals surface area contributed by atoms with Gasteiger partial charge in [0.2, 0.25) is 0 Å². The number of nitrogens with one attached hydrogen (secondary N) is 2. The number of fused-ring (bicyclic) bond motifs is 1. The monoisotopic (exact) mass is 302 g/mol. The summed E-state index contributed by atoms with van der Waals surface area (Å²) >= 11 is 0. The molecule has 0 fully saturated rings. The highest BCUT2D eigenvalue weighted by atomic mass is 16.4. The molecular formula is C17H22N2O3.